The van der Waals surface area contributed by atoms with Gasteiger partial charge in [0.1, 0.15) is 5.82 Å². The first kappa shape index (κ1) is 20.8. The lowest BCUT2D eigenvalue weighted by Crippen LogP contribution is -2.21. The molecule has 0 aromatic carbocycles. The number of aromatic nitrogens is 5. The Morgan fingerprint density at radius 3 is 2.72 bits per heavy atom. The Morgan fingerprint density at radius 2 is 2.03 bits per heavy atom. The van der Waals surface area contributed by atoms with Gasteiger partial charge in [0.05, 0.1) is 5.69 Å². The Morgan fingerprint density at radius 1 is 1.19 bits per heavy atom. The molecule has 0 radical (unpaired) electrons. The lowest BCUT2D eigenvalue weighted by atomic mass is 10.2. The first-order valence-corrected chi connectivity index (χ1v) is 12.0. The van der Waals surface area contributed by atoms with Crippen molar-refractivity contribution in [1.82, 2.24) is 24.5 Å². The Labute approximate surface area is 191 Å². The van der Waals surface area contributed by atoms with E-state index in [4.69, 9.17) is 16.5 Å². The Kier molecular flexibility index (Phi) is 5.75. The summed E-state index contributed by atoms with van der Waals surface area (Å²) in [7, 11) is 0. The third kappa shape index (κ3) is 4.18. The maximum absolute atomic E-state index is 6.13. The minimum atomic E-state index is 0.0153. The van der Waals surface area contributed by atoms with Gasteiger partial charge in [-0.2, -0.15) is 21.3 Å². The second-order valence-corrected chi connectivity index (χ2v) is 9.32. The molecule has 5 N–H and O–H groups in total. The van der Waals surface area contributed by atoms with Crippen molar-refractivity contribution in [2.24, 2.45) is 5.73 Å². The van der Waals surface area contributed by atoms with E-state index in [-0.39, 0.29) is 12.0 Å². The highest BCUT2D eigenvalue weighted by Crippen LogP contribution is 2.35. The summed E-state index contributed by atoms with van der Waals surface area (Å²) in [6, 6.07) is 6.60. The van der Waals surface area contributed by atoms with Gasteiger partial charge in [-0.15, -0.1) is 0 Å². The van der Waals surface area contributed by atoms with Gasteiger partial charge in [-0.1, -0.05) is 18.9 Å². The van der Waals surface area contributed by atoms with Crippen LogP contribution in [0.3, 0.4) is 0 Å². The summed E-state index contributed by atoms with van der Waals surface area (Å²) >= 11 is 1.67. The number of fused-ring (bicyclic) bond motifs is 1. The van der Waals surface area contributed by atoms with Gasteiger partial charge >= 0.3 is 0 Å². The number of nitrogen functional groups attached to an aromatic ring is 1. The van der Waals surface area contributed by atoms with Gasteiger partial charge in [-0.3, -0.25) is 4.98 Å². The molecule has 0 aliphatic heterocycles. The van der Waals surface area contributed by atoms with Gasteiger partial charge in [0, 0.05) is 42.2 Å². The van der Waals surface area contributed by atoms with Crippen LogP contribution in [0.25, 0.3) is 22.4 Å². The number of thiophene rings is 1. The van der Waals surface area contributed by atoms with E-state index in [0.29, 0.717) is 24.8 Å². The normalized spacial score (nSPS) is 15.4. The molecule has 1 unspecified atom stereocenters. The summed E-state index contributed by atoms with van der Waals surface area (Å²) in [5.74, 6) is 1.86. The smallest absolute Gasteiger partial charge is 0.224 e. The predicted octanol–water partition coefficient (Wildman–Crippen LogP) is 4.15. The van der Waals surface area contributed by atoms with Crippen LogP contribution >= 0.6 is 11.3 Å². The summed E-state index contributed by atoms with van der Waals surface area (Å²) in [6.45, 7) is 2.58. The van der Waals surface area contributed by atoms with Crippen molar-refractivity contribution in [1.29, 1.82) is 0 Å². The third-order valence-electron chi connectivity index (χ3n) is 5.93. The maximum atomic E-state index is 6.13. The van der Waals surface area contributed by atoms with Crippen molar-refractivity contribution in [3.8, 4) is 11.3 Å². The number of nitrogens with one attached hydrogen (secondary N) is 1. The van der Waals surface area contributed by atoms with Crippen molar-refractivity contribution < 1.29 is 0 Å². The number of imidazole rings is 1. The lowest BCUT2D eigenvalue weighted by Gasteiger charge is -2.16. The fraction of sp³-hybridized carbons (Fsp3) is 0.391. The SMILES string of the molecule is CC(N)Cc1nc2c(NCc3ccc(-c4ccsc4)nc3)nc(N)nc2n1C1CCCC1. The Hall–Kier alpha value is -3.04. The van der Waals surface area contributed by atoms with Crippen LogP contribution in [-0.4, -0.2) is 30.5 Å². The zero-order valence-electron chi connectivity index (χ0n) is 18.2. The molecule has 1 saturated carbocycles. The third-order valence-corrected chi connectivity index (χ3v) is 6.61. The number of nitrogens with two attached hydrogens (primary N) is 2. The first-order chi connectivity index (χ1) is 15.6. The highest BCUT2D eigenvalue weighted by Gasteiger charge is 2.25. The number of pyridine rings is 1. The summed E-state index contributed by atoms with van der Waals surface area (Å²) in [5, 5.41) is 7.56. The monoisotopic (exact) mass is 448 g/mol. The van der Waals surface area contributed by atoms with Crippen LogP contribution in [0.5, 0.6) is 0 Å². The molecule has 1 aliphatic rings. The van der Waals surface area contributed by atoms with Crippen LogP contribution in [-0.2, 0) is 13.0 Å². The molecule has 4 heterocycles. The topological polar surface area (TPSA) is 121 Å². The van der Waals surface area contributed by atoms with Gasteiger partial charge < -0.3 is 21.4 Å². The molecule has 9 heteroatoms. The van der Waals surface area contributed by atoms with E-state index in [1.165, 1.54) is 12.8 Å². The Balaban J connectivity index is 1.44. The van der Waals surface area contributed by atoms with E-state index >= 15 is 0 Å². The summed E-state index contributed by atoms with van der Waals surface area (Å²) in [6.07, 6.45) is 7.29. The summed E-state index contributed by atoms with van der Waals surface area (Å²) in [5.41, 5.74) is 17.0. The first-order valence-electron chi connectivity index (χ1n) is 11.1. The second kappa shape index (κ2) is 8.84. The van der Waals surface area contributed by atoms with Gasteiger partial charge in [0.25, 0.3) is 0 Å². The molecule has 1 atom stereocenters. The van der Waals surface area contributed by atoms with Crippen molar-refractivity contribution in [2.45, 2.75) is 57.7 Å². The van der Waals surface area contributed by atoms with Crippen LogP contribution < -0.4 is 16.8 Å². The van der Waals surface area contributed by atoms with Crippen molar-refractivity contribution in [3.63, 3.8) is 0 Å². The fourth-order valence-corrected chi connectivity index (χ4v) is 5.08. The zero-order valence-corrected chi connectivity index (χ0v) is 19.0. The predicted molar refractivity (Wildman–Crippen MR) is 129 cm³/mol. The number of hydrogen-bond acceptors (Lipinski definition) is 8. The molecular formula is C23H28N8S. The fourth-order valence-electron chi connectivity index (χ4n) is 4.43. The van der Waals surface area contributed by atoms with Gasteiger partial charge in [0.2, 0.25) is 5.95 Å². The molecule has 4 aromatic rings. The Bertz CT molecular complexity index is 1190. The van der Waals surface area contributed by atoms with Crippen LogP contribution in [0.1, 0.15) is 50.0 Å². The molecule has 1 aliphatic carbocycles. The molecule has 166 valence electrons. The number of hydrogen-bond donors (Lipinski definition) is 3. The average molecular weight is 449 g/mol. The molecule has 0 spiro atoms. The van der Waals surface area contributed by atoms with Gasteiger partial charge in [0.15, 0.2) is 17.0 Å². The molecule has 4 aromatic heterocycles. The van der Waals surface area contributed by atoms with Crippen LogP contribution in [0.4, 0.5) is 11.8 Å². The number of rotatable bonds is 7. The molecule has 0 amide bonds. The largest absolute Gasteiger partial charge is 0.368 e. The van der Waals surface area contributed by atoms with Crippen molar-refractivity contribution in [2.75, 3.05) is 11.1 Å². The molecule has 0 bridgehead atoms. The molecule has 0 saturated heterocycles. The minimum absolute atomic E-state index is 0.0153. The number of nitrogens with zero attached hydrogens (tertiary/aromatic N) is 5. The highest BCUT2D eigenvalue weighted by molar-refractivity contribution is 7.08. The van der Waals surface area contributed by atoms with E-state index in [9.17, 15) is 0 Å². The quantitative estimate of drug-likeness (QED) is 0.388. The molecule has 8 nitrogen and oxygen atoms in total. The van der Waals surface area contributed by atoms with Crippen molar-refractivity contribution >= 4 is 34.3 Å². The van der Waals surface area contributed by atoms with E-state index in [1.807, 2.05) is 19.2 Å². The minimum Gasteiger partial charge on any atom is -0.368 e. The highest BCUT2D eigenvalue weighted by atomic mass is 32.1. The van der Waals surface area contributed by atoms with E-state index < -0.39 is 0 Å². The van der Waals surface area contributed by atoms with E-state index in [1.54, 1.807) is 11.3 Å². The molecule has 5 rings (SSSR count). The molecule has 1 fully saturated rings. The van der Waals surface area contributed by atoms with E-state index in [0.717, 1.165) is 46.7 Å². The zero-order chi connectivity index (χ0) is 22.1. The molecule has 32 heavy (non-hydrogen) atoms. The van der Waals surface area contributed by atoms with Crippen molar-refractivity contribution in [3.05, 3.63) is 46.5 Å². The average Bonchev–Trinajstić information content (AvgIpc) is 3.53. The van der Waals surface area contributed by atoms with Crippen LogP contribution in [0, 0.1) is 0 Å². The maximum Gasteiger partial charge on any atom is 0.224 e. The van der Waals surface area contributed by atoms with E-state index in [2.05, 4.69) is 47.7 Å². The summed E-state index contributed by atoms with van der Waals surface area (Å²) in [4.78, 5) is 18.6. The van der Waals surface area contributed by atoms with Crippen LogP contribution in [0.2, 0.25) is 0 Å². The van der Waals surface area contributed by atoms with Gasteiger partial charge in [-0.25, -0.2) is 4.98 Å². The molecular weight excluding hydrogens is 420 g/mol. The van der Waals surface area contributed by atoms with Gasteiger partial charge in [-0.05, 0) is 42.8 Å². The standard InChI is InChI=1S/C23H28N8S/c1-14(24)10-19-28-20-21(29-23(25)30-22(20)31(19)17-4-2-3-5-17)27-12-15-6-7-18(26-11-15)16-8-9-32-13-16/h6-9,11,13-14,17H,2-5,10,12,24H2,1H3,(H3,25,27,29,30). The second-order valence-electron chi connectivity index (χ2n) is 8.54. The lowest BCUT2D eigenvalue weighted by molar-refractivity contribution is 0.499. The summed E-state index contributed by atoms with van der Waals surface area (Å²) < 4.78 is 2.26. The number of anilines is 2. The van der Waals surface area contributed by atoms with Crippen LogP contribution in [0.15, 0.2) is 35.2 Å².